The SMILES string of the molecule is COc1ccc(-c2coc3c4c(cc(O)c3c2=O)OC(=O)C[C@@H]4c2cccc(O)c2)cc1. The lowest BCUT2D eigenvalue weighted by molar-refractivity contribution is -0.135. The molecule has 1 aliphatic rings. The summed E-state index contributed by atoms with van der Waals surface area (Å²) >= 11 is 0. The summed E-state index contributed by atoms with van der Waals surface area (Å²) in [5.41, 5.74) is 1.75. The third-order valence-corrected chi connectivity index (χ3v) is 5.64. The molecule has 7 nitrogen and oxygen atoms in total. The number of phenolic OH excluding ortho intramolecular Hbond substituents is 2. The van der Waals surface area contributed by atoms with Crippen LogP contribution in [0.5, 0.6) is 23.0 Å². The van der Waals surface area contributed by atoms with E-state index in [0.717, 1.165) is 0 Å². The molecule has 0 aliphatic carbocycles. The Kier molecular flexibility index (Phi) is 4.59. The summed E-state index contributed by atoms with van der Waals surface area (Å²) in [4.78, 5) is 25.6. The summed E-state index contributed by atoms with van der Waals surface area (Å²) in [5, 5.41) is 20.6. The molecule has 0 bridgehead atoms. The van der Waals surface area contributed by atoms with E-state index in [2.05, 4.69) is 0 Å². The van der Waals surface area contributed by atoms with Crippen molar-refractivity contribution in [1.82, 2.24) is 0 Å². The predicted octanol–water partition coefficient (Wildman–Crippen LogP) is 4.32. The van der Waals surface area contributed by atoms with Gasteiger partial charge in [-0.15, -0.1) is 0 Å². The van der Waals surface area contributed by atoms with Gasteiger partial charge in [-0.05, 0) is 35.4 Å². The van der Waals surface area contributed by atoms with Crippen molar-refractivity contribution in [1.29, 1.82) is 0 Å². The van der Waals surface area contributed by atoms with E-state index in [0.29, 0.717) is 22.4 Å². The van der Waals surface area contributed by atoms with E-state index in [4.69, 9.17) is 13.9 Å². The number of carbonyl (C=O) groups is 1. The second-order valence-corrected chi connectivity index (χ2v) is 7.54. The number of benzene rings is 3. The zero-order valence-electron chi connectivity index (χ0n) is 17.0. The van der Waals surface area contributed by atoms with E-state index < -0.39 is 17.3 Å². The summed E-state index contributed by atoms with van der Waals surface area (Å²) in [6.45, 7) is 0. The van der Waals surface area contributed by atoms with Crippen LogP contribution in [0.15, 0.2) is 70.1 Å². The molecule has 0 radical (unpaired) electrons. The number of phenols is 2. The number of hydrogen-bond acceptors (Lipinski definition) is 7. The highest BCUT2D eigenvalue weighted by molar-refractivity contribution is 5.94. The molecular weight excluding hydrogens is 412 g/mol. The Morgan fingerprint density at radius 3 is 2.53 bits per heavy atom. The lowest BCUT2D eigenvalue weighted by Gasteiger charge is -2.26. The van der Waals surface area contributed by atoms with Crippen LogP contribution in [0.2, 0.25) is 0 Å². The molecular formula is C25H18O7. The number of esters is 1. The highest BCUT2D eigenvalue weighted by Crippen LogP contribution is 2.46. The van der Waals surface area contributed by atoms with Gasteiger partial charge < -0.3 is 24.1 Å². The molecule has 1 aliphatic heterocycles. The maximum Gasteiger partial charge on any atom is 0.312 e. The van der Waals surface area contributed by atoms with Crippen molar-refractivity contribution in [2.75, 3.05) is 7.11 Å². The molecule has 7 heteroatoms. The Bertz CT molecular complexity index is 1420. The molecule has 0 spiro atoms. The largest absolute Gasteiger partial charge is 0.508 e. The van der Waals surface area contributed by atoms with E-state index in [-0.39, 0.29) is 40.2 Å². The molecule has 0 unspecified atom stereocenters. The summed E-state index contributed by atoms with van der Waals surface area (Å²) in [6.07, 6.45) is 1.34. The lowest BCUT2D eigenvalue weighted by Crippen LogP contribution is -2.22. The number of aromatic hydroxyl groups is 2. The van der Waals surface area contributed by atoms with E-state index >= 15 is 0 Å². The molecule has 4 aromatic rings. The van der Waals surface area contributed by atoms with Crippen molar-refractivity contribution < 1.29 is 28.9 Å². The van der Waals surface area contributed by atoms with Gasteiger partial charge >= 0.3 is 5.97 Å². The molecule has 0 saturated carbocycles. The van der Waals surface area contributed by atoms with Crippen LogP contribution in [0, 0.1) is 0 Å². The van der Waals surface area contributed by atoms with Crippen molar-refractivity contribution in [3.05, 3.63) is 82.2 Å². The van der Waals surface area contributed by atoms with Crippen LogP contribution < -0.4 is 14.9 Å². The van der Waals surface area contributed by atoms with Crippen molar-refractivity contribution in [3.8, 4) is 34.1 Å². The summed E-state index contributed by atoms with van der Waals surface area (Å²) < 4.78 is 16.4. The standard InChI is InChI=1S/C25H18O7/c1-30-16-7-5-13(6-8-16)18-12-31-25-22-17(14-3-2-4-15(26)9-14)10-21(28)32-20(22)11-19(27)23(25)24(18)29/h2-9,11-12,17,26-27H,10H2,1H3/t17-/m1/s1. The van der Waals surface area contributed by atoms with Gasteiger partial charge in [-0.25, -0.2) is 0 Å². The van der Waals surface area contributed by atoms with Crippen molar-refractivity contribution in [2.45, 2.75) is 12.3 Å². The van der Waals surface area contributed by atoms with Crippen LogP contribution in [0.4, 0.5) is 0 Å². The first-order valence-electron chi connectivity index (χ1n) is 9.91. The van der Waals surface area contributed by atoms with Gasteiger partial charge in [0, 0.05) is 17.5 Å². The highest BCUT2D eigenvalue weighted by atomic mass is 16.5. The zero-order valence-corrected chi connectivity index (χ0v) is 17.0. The van der Waals surface area contributed by atoms with Crippen LogP contribution in [0.25, 0.3) is 22.1 Å². The quantitative estimate of drug-likeness (QED) is 0.368. The second-order valence-electron chi connectivity index (χ2n) is 7.54. The van der Waals surface area contributed by atoms with E-state index in [9.17, 15) is 19.8 Å². The molecule has 0 fully saturated rings. The van der Waals surface area contributed by atoms with E-state index in [1.807, 2.05) is 0 Å². The highest BCUT2D eigenvalue weighted by Gasteiger charge is 2.33. The number of rotatable bonds is 3. The number of hydrogen-bond donors (Lipinski definition) is 2. The fourth-order valence-corrected chi connectivity index (χ4v) is 4.13. The molecule has 1 atom stereocenters. The normalized spacial score (nSPS) is 15.3. The van der Waals surface area contributed by atoms with E-state index in [1.54, 1.807) is 49.6 Å². The summed E-state index contributed by atoms with van der Waals surface area (Å²) in [6, 6.07) is 14.7. The Hall–Kier alpha value is -4.26. The molecule has 1 aromatic heterocycles. The first kappa shape index (κ1) is 19.7. The first-order valence-corrected chi connectivity index (χ1v) is 9.91. The second kappa shape index (κ2) is 7.46. The number of fused-ring (bicyclic) bond motifs is 3. The van der Waals surface area contributed by atoms with Crippen LogP contribution in [-0.2, 0) is 4.79 Å². The Labute approximate surface area is 182 Å². The average molecular weight is 430 g/mol. The molecule has 2 heterocycles. The maximum atomic E-state index is 13.4. The van der Waals surface area contributed by atoms with Gasteiger partial charge in [0.05, 0.1) is 19.1 Å². The number of carbonyl (C=O) groups excluding carboxylic acids is 1. The third kappa shape index (κ3) is 3.15. The van der Waals surface area contributed by atoms with Gasteiger partial charge in [0.25, 0.3) is 0 Å². The maximum absolute atomic E-state index is 13.4. The lowest BCUT2D eigenvalue weighted by atomic mass is 9.85. The van der Waals surface area contributed by atoms with Gasteiger partial charge in [-0.2, -0.15) is 0 Å². The Morgan fingerprint density at radius 2 is 1.81 bits per heavy atom. The van der Waals surface area contributed by atoms with E-state index in [1.165, 1.54) is 18.4 Å². The third-order valence-electron chi connectivity index (χ3n) is 5.64. The number of ether oxygens (including phenoxy) is 2. The Balaban J connectivity index is 1.75. The molecule has 0 amide bonds. The molecule has 32 heavy (non-hydrogen) atoms. The molecule has 3 aromatic carbocycles. The first-order chi connectivity index (χ1) is 15.5. The smallest absolute Gasteiger partial charge is 0.312 e. The van der Waals surface area contributed by atoms with Gasteiger partial charge in [-0.1, -0.05) is 24.3 Å². The fraction of sp³-hybridized carbons (Fsp3) is 0.120. The van der Waals surface area contributed by atoms with Crippen LogP contribution in [-0.4, -0.2) is 23.3 Å². The molecule has 2 N–H and O–H groups in total. The van der Waals surface area contributed by atoms with Gasteiger partial charge in [-0.3, -0.25) is 9.59 Å². The summed E-state index contributed by atoms with van der Waals surface area (Å²) in [7, 11) is 1.55. The average Bonchev–Trinajstić information content (AvgIpc) is 2.78. The van der Waals surface area contributed by atoms with Gasteiger partial charge in [0.15, 0.2) is 0 Å². The fourth-order valence-electron chi connectivity index (χ4n) is 4.13. The topological polar surface area (TPSA) is 106 Å². The van der Waals surface area contributed by atoms with Crippen LogP contribution >= 0.6 is 0 Å². The van der Waals surface area contributed by atoms with Crippen molar-refractivity contribution in [2.24, 2.45) is 0 Å². The molecule has 0 saturated heterocycles. The van der Waals surface area contributed by atoms with Gasteiger partial charge in [0.2, 0.25) is 5.43 Å². The minimum atomic E-state index is -0.517. The summed E-state index contributed by atoms with van der Waals surface area (Å²) in [5.74, 6) is -0.522. The van der Waals surface area contributed by atoms with Gasteiger partial charge in [0.1, 0.15) is 40.2 Å². The van der Waals surface area contributed by atoms with Crippen molar-refractivity contribution >= 4 is 16.9 Å². The van der Waals surface area contributed by atoms with Crippen molar-refractivity contribution in [3.63, 3.8) is 0 Å². The minimum absolute atomic E-state index is 0.000157. The Morgan fingerprint density at radius 1 is 1.03 bits per heavy atom. The molecule has 5 rings (SSSR count). The number of methoxy groups -OCH3 is 1. The monoisotopic (exact) mass is 430 g/mol. The zero-order chi connectivity index (χ0) is 22.4. The predicted molar refractivity (Wildman–Crippen MR) is 116 cm³/mol. The molecule has 160 valence electrons. The van der Waals surface area contributed by atoms with Crippen LogP contribution in [0.3, 0.4) is 0 Å². The minimum Gasteiger partial charge on any atom is -0.508 e. The van der Waals surface area contributed by atoms with Crippen LogP contribution in [0.1, 0.15) is 23.5 Å².